The number of hydrogen-bond donors (Lipinski definition) is 1. The van der Waals surface area contributed by atoms with Crippen LogP contribution in [0.4, 0.5) is 4.39 Å². The summed E-state index contributed by atoms with van der Waals surface area (Å²) in [5.41, 5.74) is 6.99. The first-order valence-corrected chi connectivity index (χ1v) is 6.35. The van der Waals surface area contributed by atoms with Gasteiger partial charge in [0, 0.05) is 23.7 Å². The van der Waals surface area contributed by atoms with Crippen LogP contribution >= 0.6 is 12.2 Å². The van der Waals surface area contributed by atoms with Gasteiger partial charge in [-0.3, -0.25) is 4.90 Å². The molecule has 0 bridgehead atoms. The van der Waals surface area contributed by atoms with Gasteiger partial charge in [-0.1, -0.05) is 19.1 Å². The van der Waals surface area contributed by atoms with Gasteiger partial charge in [-0.25, -0.2) is 4.39 Å². The molecule has 4 heteroatoms. The van der Waals surface area contributed by atoms with Crippen LogP contribution in [0.1, 0.15) is 30.9 Å². The Kier molecular flexibility index (Phi) is 3.74. The van der Waals surface area contributed by atoms with Crippen molar-refractivity contribution in [1.29, 1.82) is 0 Å². The third kappa shape index (κ3) is 3.01. The molecule has 92 valence electrons. The highest BCUT2D eigenvalue weighted by Crippen LogP contribution is 2.28. The molecule has 0 amide bonds. The lowest BCUT2D eigenvalue weighted by Crippen LogP contribution is -2.25. The summed E-state index contributed by atoms with van der Waals surface area (Å²) < 4.78 is 13.7. The molecular formula is C13H17FN2S. The van der Waals surface area contributed by atoms with Crippen LogP contribution in [0.5, 0.6) is 0 Å². The predicted molar refractivity (Wildman–Crippen MR) is 71.4 cm³/mol. The first kappa shape index (κ1) is 12.5. The lowest BCUT2D eigenvalue weighted by atomic mass is 10.1. The first-order valence-electron chi connectivity index (χ1n) is 5.94. The lowest BCUT2D eigenvalue weighted by molar-refractivity contribution is 0.265. The standard InChI is InChI=1S/C13H17FN2S/c1-2-16(11-4-5-11)8-10-7-9(13(15)17)3-6-12(10)14/h3,6-7,11H,2,4-5,8H2,1H3,(H2,15,17). The van der Waals surface area contributed by atoms with Crippen molar-refractivity contribution in [2.45, 2.75) is 32.4 Å². The number of nitrogens with zero attached hydrogens (tertiary/aromatic N) is 1. The Morgan fingerprint density at radius 1 is 1.53 bits per heavy atom. The second-order valence-corrected chi connectivity index (χ2v) is 4.90. The average molecular weight is 252 g/mol. The van der Waals surface area contributed by atoms with Gasteiger partial charge in [-0.2, -0.15) is 0 Å². The summed E-state index contributed by atoms with van der Waals surface area (Å²) >= 11 is 4.91. The molecule has 1 aliphatic rings. The Labute approximate surface area is 107 Å². The molecular weight excluding hydrogens is 235 g/mol. The molecule has 0 atom stereocenters. The van der Waals surface area contributed by atoms with Crippen LogP contribution in [0.3, 0.4) is 0 Å². The number of benzene rings is 1. The molecule has 0 saturated heterocycles. The zero-order valence-electron chi connectivity index (χ0n) is 9.95. The van der Waals surface area contributed by atoms with Crippen LogP contribution < -0.4 is 5.73 Å². The van der Waals surface area contributed by atoms with E-state index in [-0.39, 0.29) is 5.82 Å². The van der Waals surface area contributed by atoms with Crippen molar-refractivity contribution in [3.05, 3.63) is 35.1 Å². The zero-order chi connectivity index (χ0) is 12.4. The summed E-state index contributed by atoms with van der Waals surface area (Å²) in [5, 5.41) is 0. The fraction of sp³-hybridized carbons (Fsp3) is 0.462. The van der Waals surface area contributed by atoms with E-state index in [9.17, 15) is 4.39 Å². The average Bonchev–Trinajstić information content (AvgIpc) is 3.11. The molecule has 2 N–H and O–H groups in total. The van der Waals surface area contributed by atoms with Gasteiger partial charge in [0.05, 0.1) is 0 Å². The lowest BCUT2D eigenvalue weighted by Gasteiger charge is -2.20. The predicted octanol–water partition coefficient (Wildman–Crippen LogP) is 2.44. The third-order valence-electron chi connectivity index (χ3n) is 3.17. The highest BCUT2D eigenvalue weighted by atomic mass is 32.1. The molecule has 0 heterocycles. The van der Waals surface area contributed by atoms with Crippen molar-refractivity contribution in [2.24, 2.45) is 5.73 Å². The van der Waals surface area contributed by atoms with Gasteiger partial charge in [0.2, 0.25) is 0 Å². The highest BCUT2D eigenvalue weighted by molar-refractivity contribution is 7.80. The van der Waals surface area contributed by atoms with E-state index in [2.05, 4.69) is 11.8 Å². The maximum atomic E-state index is 13.7. The molecule has 0 spiro atoms. The molecule has 1 aromatic carbocycles. The summed E-state index contributed by atoms with van der Waals surface area (Å²) in [7, 11) is 0. The fourth-order valence-electron chi connectivity index (χ4n) is 2.01. The maximum absolute atomic E-state index is 13.7. The molecule has 0 aromatic heterocycles. The molecule has 1 aliphatic carbocycles. The summed E-state index contributed by atoms with van der Waals surface area (Å²) in [4.78, 5) is 2.61. The van der Waals surface area contributed by atoms with E-state index in [4.69, 9.17) is 18.0 Å². The van der Waals surface area contributed by atoms with Gasteiger partial charge >= 0.3 is 0 Å². The number of hydrogen-bond acceptors (Lipinski definition) is 2. The van der Waals surface area contributed by atoms with Crippen molar-refractivity contribution in [1.82, 2.24) is 4.90 Å². The quantitative estimate of drug-likeness (QED) is 0.816. The fourth-order valence-corrected chi connectivity index (χ4v) is 2.13. The molecule has 2 nitrogen and oxygen atoms in total. The molecule has 1 fully saturated rings. The van der Waals surface area contributed by atoms with E-state index in [1.807, 2.05) is 0 Å². The van der Waals surface area contributed by atoms with Crippen LogP contribution in [0, 0.1) is 5.82 Å². The summed E-state index contributed by atoms with van der Waals surface area (Å²) in [6.07, 6.45) is 2.45. The SMILES string of the molecule is CCN(Cc1cc(C(N)=S)ccc1F)C1CC1. The number of thiocarbonyl (C=S) groups is 1. The van der Waals surface area contributed by atoms with Gasteiger partial charge in [0.15, 0.2) is 0 Å². The number of rotatable bonds is 5. The Morgan fingerprint density at radius 2 is 2.24 bits per heavy atom. The largest absolute Gasteiger partial charge is 0.389 e. The second kappa shape index (κ2) is 5.10. The molecule has 2 rings (SSSR count). The van der Waals surface area contributed by atoms with Crippen molar-refractivity contribution in [3.8, 4) is 0 Å². The normalized spacial score (nSPS) is 15.2. The van der Waals surface area contributed by atoms with Crippen LogP contribution in [0.15, 0.2) is 18.2 Å². The van der Waals surface area contributed by atoms with E-state index in [1.54, 1.807) is 12.1 Å². The second-order valence-electron chi connectivity index (χ2n) is 4.46. The zero-order valence-corrected chi connectivity index (χ0v) is 10.8. The van der Waals surface area contributed by atoms with Crippen molar-refractivity contribution in [2.75, 3.05) is 6.54 Å². The molecule has 0 radical (unpaired) electrons. The molecule has 0 unspecified atom stereocenters. The monoisotopic (exact) mass is 252 g/mol. The summed E-state index contributed by atoms with van der Waals surface area (Å²) in [5.74, 6) is -0.177. The number of halogens is 1. The van der Waals surface area contributed by atoms with Gasteiger partial charge in [-0.15, -0.1) is 0 Å². The van der Waals surface area contributed by atoms with Crippen LogP contribution in [-0.4, -0.2) is 22.5 Å². The van der Waals surface area contributed by atoms with Crippen LogP contribution in [0.25, 0.3) is 0 Å². The van der Waals surface area contributed by atoms with Gasteiger partial charge in [0.25, 0.3) is 0 Å². The maximum Gasteiger partial charge on any atom is 0.127 e. The minimum absolute atomic E-state index is 0.177. The van der Waals surface area contributed by atoms with Crippen molar-refractivity contribution in [3.63, 3.8) is 0 Å². The molecule has 1 saturated carbocycles. The molecule has 1 aromatic rings. The van der Waals surface area contributed by atoms with Crippen molar-refractivity contribution >= 4 is 17.2 Å². The first-order chi connectivity index (χ1) is 8.11. The summed E-state index contributed by atoms with van der Waals surface area (Å²) in [6, 6.07) is 5.48. The van der Waals surface area contributed by atoms with Crippen LogP contribution in [-0.2, 0) is 6.54 Å². The van der Waals surface area contributed by atoms with Gasteiger partial charge < -0.3 is 5.73 Å². The number of nitrogens with two attached hydrogens (primary N) is 1. The minimum Gasteiger partial charge on any atom is -0.389 e. The van der Waals surface area contributed by atoms with E-state index in [0.29, 0.717) is 23.1 Å². The Bertz CT molecular complexity index is 429. The van der Waals surface area contributed by atoms with Gasteiger partial charge in [-0.05, 0) is 37.6 Å². The Hall–Kier alpha value is -1.00. The minimum atomic E-state index is -0.177. The van der Waals surface area contributed by atoms with Crippen LogP contribution in [0.2, 0.25) is 0 Å². The molecule has 17 heavy (non-hydrogen) atoms. The van der Waals surface area contributed by atoms with E-state index in [1.165, 1.54) is 18.9 Å². The van der Waals surface area contributed by atoms with E-state index in [0.717, 1.165) is 12.1 Å². The van der Waals surface area contributed by atoms with Gasteiger partial charge in [0.1, 0.15) is 10.8 Å². The highest BCUT2D eigenvalue weighted by Gasteiger charge is 2.28. The summed E-state index contributed by atoms with van der Waals surface area (Å²) in [6.45, 7) is 3.69. The van der Waals surface area contributed by atoms with Crippen molar-refractivity contribution < 1.29 is 4.39 Å². The topological polar surface area (TPSA) is 29.3 Å². The molecule has 0 aliphatic heterocycles. The van der Waals surface area contributed by atoms with E-state index < -0.39 is 0 Å². The van der Waals surface area contributed by atoms with E-state index >= 15 is 0 Å². The Morgan fingerprint density at radius 3 is 2.76 bits per heavy atom. The third-order valence-corrected chi connectivity index (χ3v) is 3.41. The Balaban J connectivity index is 2.18. The smallest absolute Gasteiger partial charge is 0.127 e.